The predicted octanol–water partition coefficient (Wildman–Crippen LogP) is 4.14. The van der Waals surface area contributed by atoms with Crippen LogP contribution in [0.5, 0.6) is 0 Å². The van der Waals surface area contributed by atoms with Gasteiger partial charge in [-0.3, -0.25) is 14.2 Å². The highest BCUT2D eigenvalue weighted by molar-refractivity contribution is 6.29. The van der Waals surface area contributed by atoms with E-state index in [0.717, 1.165) is 22.4 Å². The molecule has 1 atom stereocenters. The summed E-state index contributed by atoms with van der Waals surface area (Å²) in [5, 5.41) is 8.03. The molecule has 0 spiro atoms. The Labute approximate surface area is 219 Å². The van der Waals surface area contributed by atoms with Crippen LogP contribution in [-0.4, -0.2) is 32.1 Å². The van der Waals surface area contributed by atoms with Gasteiger partial charge in [-0.2, -0.15) is 0 Å². The van der Waals surface area contributed by atoms with Gasteiger partial charge in [0.15, 0.2) is 5.69 Å². The van der Waals surface area contributed by atoms with Crippen molar-refractivity contribution in [3.8, 4) is 0 Å². The average Bonchev–Trinajstić information content (AvgIpc) is 3.36. The van der Waals surface area contributed by atoms with Gasteiger partial charge in [-0.15, -0.1) is 0 Å². The number of pyridine rings is 1. The van der Waals surface area contributed by atoms with Crippen molar-refractivity contribution in [2.75, 3.05) is 16.8 Å². The number of aromatic nitrogens is 4. The first-order valence-electron chi connectivity index (χ1n) is 12.1. The van der Waals surface area contributed by atoms with Crippen molar-refractivity contribution < 1.29 is 9.32 Å². The minimum atomic E-state index is -0.691. The number of carbonyl (C=O) groups excluding carboxylic acids is 1. The SMILES string of the molecule is CC.Cc1cc(C(C)Nc2ccc(Cl)nc2C(N)=O)c2nc(N3CCc4nocc4C3)n(C)c(=O)c2c1. The van der Waals surface area contributed by atoms with Crippen LogP contribution >= 0.6 is 11.6 Å². The van der Waals surface area contributed by atoms with E-state index in [9.17, 15) is 9.59 Å². The first-order valence-corrected chi connectivity index (χ1v) is 12.5. The van der Waals surface area contributed by atoms with Crippen molar-refractivity contribution in [1.82, 2.24) is 19.7 Å². The molecule has 1 aromatic carbocycles. The van der Waals surface area contributed by atoms with Gasteiger partial charge < -0.3 is 20.5 Å². The van der Waals surface area contributed by atoms with E-state index in [-0.39, 0.29) is 22.4 Å². The quantitative estimate of drug-likeness (QED) is 0.373. The lowest BCUT2D eigenvalue weighted by Crippen LogP contribution is -2.35. The number of halogens is 1. The Morgan fingerprint density at radius 3 is 2.73 bits per heavy atom. The number of hydrogen-bond donors (Lipinski definition) is 2. The van der Waals surface area contributed by atoms with E-state index in [1.165, 1.54) is 0 Å². The fraction of sp³-hybridized carbons (Fsp3) is 0.346. The summed E-state index contributed by atoms with van der Waals surface area (Å²) in [7, 11) is 1.73. The molecule has 10 nitrogen and oxygen atoms in total. The molecule has 3 aromatic heterocycles. The van der Waals surface area contributed by atoms with E-state index in [0.29, 0.717) is 42.0 Å². The average molecular weight is 524 g/mol. The van der Waals surface area contributed by atoms with Gasteiger partial charge in [0, 0.05) is 31.1 Å². The number of nitrogens with one attached hydrogen (secondary N) is 1. The summed E-state index contributed by atoms with van der Waals surface area (Å²) < 4.78 is 6.69. The molecule has 11 heteroatoms. The number of carbonyl (C=O) groups is 1. The summed E-state index contributed by atoms with van der Waals surface area (Å²) in [6.07, 6.45) is 2.34. The maximum absolute atomic E-state index is 13.4. The minimum absolute atomic E-state index is 0.0451. The van der Waals surface area contributed by atoms with Gasteiger partial charge in [0.05, 0.1) is 34.9 Å². The van der Waals surface area contributed by atoms with Crippen molar-refractivity contribution in [3.63, 3.8) is 0 Å². The predicted molar refractivity (Wildman–Crippen MR) is 144 cm³/mol. The zero-order valence-electron chi connectivity index (χ0n) is 21.5. The van der Waals surface area contributed by atoms with Crippen molar-refractivity contribution in [1.29, 1.82) is 0 Å². The highest BCUT2D eigenvalue weighted by atomic mass is 35.5. The Hall–Kier alpha value is -3.92. The number of amides is 1. The fourth-order valence-electron chi connectivity index (χ4n) is 4.52. The number of nitrogens with zero attached hydrogens (tertiary/aromatic N) is 5. The number of benzene rings is 1. The molecule has 0 radical (unpaired) electrons. The standard InChI is InChI=1S/C24H24ClN7O3.C2H6/c1-12-8-15(13(2)27-18-4-5-19(25)28-21(18)22(26)33)20-16(9-12)23(34)31(3)24(29-20)32-7-6-17-14(10-32)11-35-30-17;1-2/h4-5,8-9,11,13,27H,6-7,10H2,1-3H3,(H2,26,33);1-2H3. The van der Waals surface area contributed by atoms with Gasteiger partial charge in [-0.25, -0.2) is 9.97 Å². The lowest BCUT2D eigenvalue weighted by Gasteiger charge is -2.28. The highest BCUT2D eigenvalue weighted by Gasteiger charge is 2.25. The molecule has 4 aromatic rings. The van der Waals surface area contributed by atoms with Crippen molar-refractivity contribution in [2.45, 2.75) is 46.7 Å². The van der Waals surface area contributed by atoms with Gasteiger partial charge in [-0.1, -0.05) is 36.7 Å². The topological polar surface area (TPSA) is 132 Å². The second-order valence-electron chi connectivity index (χ2n) is 8.74. The zero-order valence-corrected chi connectivity index (χ0v) is 22.3. The van der Waals surface area contributed by atoms with Gasteiger partial charge in [0.25, 0.3) is 11.5 Å². The molecule has 1 unspecified atom stereocenters. The molecule has 37 heavy (non-hydrogen) atoms. The third-order valence-corrected chi connectivity index (χ3v) is 6.47. The molecular formula is C26H30ClN7O3. The molecule has 0 saturated heterocycles. The number of rotatable bonds is 5. The molecule has 0 bridgehead atoms. The Morgan fingerprint density at radius 1 is 1.24 bits per heavy atom. The van der Waals surface area contributed by atoms with Crippen LogP contribution in [0.15, 0.2) is 39.8 Å². The summed E-state index contributed by atoms with van der Waals surface area (Å²) in [6.45, 7) is 9.08. The molecule has 1 aliphatic rings. The normalized spacial score (nSPS) is 13.5. The first kappa shape index (κ1) is 26.2. The van der Waals surface area contributed by atoms with Crippen LogP contribution in [0.4, 0.5) is 11.6 Å². The molecule has 3 N–H and O–H groups in total. The summed E-state index contributed by atoms with van der Waals surface area (Å²) >= 11 is 5.95. The molecule has 0 fully saturated rings. The maximum Gasteiger partial charge on any atom is 0.269 e. The maximum atomic E-state index is 13.4. The fourth-order valence-corrected chi connectivity index (χ4v) is 4.66. The smallest absolute Gasteiger partial charge is 0.269 e. The molecule has 194 valence electrons. The lowest BCUT2D eigenvalue weighted by molar-refractivity contribution is 0.0996. The first-order chi connectivity index (χ1) is 17.7. The van der Waals surface area contributed by atoms with E-state index in [2.05, 4.69) is 20.4 Å². The number of primary amides is 1. The molecule has 1 amide bonds. The van der Waals surface area contributed by atoms with E-state index >= 15 is 0 Å². The number of hydrogen-bond acceptors (Lipinski definition) is 8. The summed E-state index contributed by atoms with van der Waals surface area (Å²) in [6, 6.07) is 6.75. The highest BCUT2D eigenvalue weighted by Crippen LogP contribution is 2.30. The Bertz CT molecular complexity index is 1530. The number of nitrogens with two attached hydrogens (primary N) is 1. The molecular weight excluding hydrogens is 494 g/mol. The van der Waals surface area contributed by atoms with E-state index < -0.39 is 5.91 Å². The Kier molecular flexibility index (Phi) is 7.49. The van der Waals surface area contributed by atoms with E-state index in [4.69, 9.17) is 26.8 Å². The second kappa shape index (κ2) is 10.6. The largest absolute Gasteiger partial charge is 0.377 e. The van der Waals surface area contributed by atoms with E-state index in [1.54, 1.807) is 30.0 Å². The van der Waals surface area contributed by atoms with Gasteiger partial charge in [0.1, 0.15) is 11.4 Å². The monoisotopic (exact) mass is 523 g/mol. The second-order valence-corrected chi connectivity index (χ2v) is 9.13. The Morgan fingerprint density at radius 2 is 2.00 bits per heavy atom. The van der Waals surface area contributed by atoms with Crippen LogP contribution in [-0.2, 0) is 20.0 Å². The van der Waals surface area contributed by atoms with Crippen LogP contribution < -0.4 is 21.5 Å². The van der Waals surface area contributed by atoms with Crippen LogP contribution in [0.1, 0.15) is 59.7 Å². The molecule has 0 saturated carbocycles. The van der Waals surface area contributed by atoms with E-state index in [1.807, 2.05) is 39.8 Å². The molecule has 1 aliphatic heterocycles. The van der Waals surface area contributed by atoms with Crippen molar-refractivity contribution in [3.05, 3.63) is 74.1 Å². The van der Waals surface area contributed by atoms with Gasteiger partial charge in [-0.05, 0) is 37.6 Å². The van der Waals surface area contributed by atoms with Gasteiger partial charge >= 0.3 is 0 Å². The Balaban J connectivity index is 0.00000156. The van der Waals surface area contributed by atoms with Gasteiger partial charge in [0.2, 0.25) is 5.95 Å². The number of aryl methyl sites for hydroxylation is 1. The van der Waals surface area contributed by atoms with Crippen LogP contribution in [0.3, 0.4) is 0 Å². The number of anilines is 2. The minimum Gasteiger partial charge on any atom is -0.377 e. The van der Waals surface area contributed by atoms with Crippen LogP contribution in [0.25, 0.3) is 10.9 Å². The number of fused-ring (bicyclic) bond motifs is 2. The third-order valence-electron chi connectivity index (χ3n) is 6.25. The summed E-state index contributed by atoms with van der Waals surface area (Å²) in [4.78, 5) is 36.4. The zero-order chi connectivity index (χ0) is 26.9. The molecule has 4 heterocycles. The van der Waals surface area contributed by atoms with Crippen LogP contribution in [0, 0.1) is 6.92 Å². The lowest BCUT2D eigenvalue weighted by atomic mass is 10.0. The summed E-state index contributed by atoms with van der Waals surface area (Å²) in [5.74, 6) is -0.124. The molecule has 5 rings (SSSR count). The van der Waals surface area contributed by atoms with Crippen LogP contribution in [0.2, 0.25) is 5.15 Å². The summed E-state index contributed by atoms with van der Waals surface area (Å²) in [5.41, 5.74) is 10.1. The molecule has 0 aliphatic carbocycles. The third kappa shape index (κ3) is 5.01. The van der Waals surface area contributed by atoms with Crippen molar-refractivity contribution >= 4 is 40.0 Å². The van der Waals surface area contributed by atoms with Crippen molar-refractivity contribution in [2.24, 2.45) is 12.8 Å².